The molecule has 2 heterocycles. The lowest BCUT2D eigenvalue weighted by Crippen LogP contribution is -2.39. The van der Waals surface area contributed by atoms with Crippen LogP contribution in [0.5, 0.6) is 0 Å². The summed E-state index contributed by atoms with van der Waals surface area (Å²) < 4.78 is 5.41. The van der Waals surface area contributed by atoms with Gasteiger partial charge in [0.15, 0.2) is 5.58 Å². The van der Waals surface area contributed by atoms with Gasteiger partial charge in [-0.1, -0.05) is 17.3 Å². The molecule has 0 radical (unpaired) electrons. The minimum Gasteiger partial charge on any atom is -0.388 e. The van der Waals surface area contributed by atoms with Crippen LogP contribution in [-0.2, 0) is 9.59 Å². The second kappa shape index (κ2) is 5.08. The molecule has 0 aliphatic carbocycles. The Hall–Kier alpha value is -2.89. The monoisotopic (exact) mass is 309 g/mol. The van der Waals surface area contributed by atoms with Crippen molar-refractivity contribution >= 4 is 39.2 Å². The van der Waals surface area contributed by atoms with Crippen molar-refractivity contribution in [3.05, 3.63) is 36.0 Å². The highest BCUT2D eigenvalue weighted by atomic mass is 16.5. The summed E-state index contributed by atoms with van der Waals surface area (Å²) >= 11 is 0. The second-order valence-electron chi connectivity index (χ2n) is 5.70. The smallest absolute Gasteiger partial charge is 0.235 e. The topological polar surface area (TPSA) is 84.2 Å². The van der Waals surface area contributed by atoms with Crippen LogP contribution in [0.25, 0.3) is 21.7 Å². The van der Waals surface area contributed by atoms with E-state index in [0.717, 1.165) is 21.8 Å². The number of rotatable bonds is 2. The molecule has 6 nitrogen and oxygen atoms in total. The Morgan fingerprint density at radius 1 is 1.26 bits per heavy atom. The summed E-state index contributed by atoms with van der Waals surface area (Å²) in [5.74, 6) is -0.994. The van der Waals surface area contributed by atoms with Crippen molar-refractivity contribution in [3.63, 3.8) is 0 Å². The number of piperidine rings is 1. The molecule has 6 heteroatoms. The van der Waals surface area contributed by atoms with Crippen molar-refractivity contribution in [1.82, 2.24) is 10.5 Å². The molecule has 3 aromatic rings. The summed E-state index contributed by atoms with van der Waals surface area (Å²) in [6, 6.07) is 9.84. The van der Waals surface area contributed by atoms with Crippen LogP contribution in [0.1, 0.15) is 24.5 Å². The molecule has 1 atom stereocenters. The Bertz CT molecular complexity index is 945. The van der Waals surface area contributed by atoms with Crippen LogP contribution in [0.4, 0.5) is 5.69 Å². The minimum atomic E-state index is -0.455. The third kappa shape index (κ3) is 2.14. The fourth-order valence-electron chi connectivity index (χ4n) is 3.14. The summed E-state index contributed by atoms with van der Waals surface area (Å²) in [6.45, 7) is 0. The first-order valence-electron chi connectivity index (χ1n) is 7.51. The Kier molecular flexibility index (Phi) is 3.04. The number of carbonyl (C=O) groups is 2. The van der Waals surface area contributed by atoms with Crippen molar-refractivity contribution in [2.75, 3.05) is 12.4 Å². The predicted molar refractivity (Wildman–Crippen MR) is 86.2 cm³/mol. The molecule has 1 aliphatic heterocycles. The third-order valence-corrected chi connectivity index (χ3v) is 4.34. The van der Waals surface area contributed by atoms with Crippen LogP contribution in [-0.4, -0.2) is 24.0 Å². The predicted octanol–water partition coefficient (Wildman–Crippen LogP) is 2.54. The molecule has 1 saturated heterocycles. The standard InChI is InChI=1S/C17H15N3O3/c1-18-10-3-4-11-9(8-10)2-6-13-15(11)16(20-23-13)12-5-7-14(21)19-17(12)22/h2-4,6,8,12,18H,5,7H2,1H3,(H,19,21,22)/t12-/m0/s1. The number of nitrogens with zero attached hydrogens (tertiary/aromatic N) is 1. The molecule has 0 bridgehead atoms. The number of hydrogen-bond acceptors (Lipinski definition) is 5. The average Bonchev–Trinajstić information content (AvgIpc) is 2.98. The zero-order valence-electron chi connectivity index (χ0n) is 12.6. The van der Waals surface area contributed by atoms with Gasteiger partial charge in [-0.25, -0.2) is 0 Å². The first-order chi connectivity index (χ1) is 11.2. The zero-order chi connectivity index (χ0) is 16.0. The Balaban J connectivity index is 1.92. The SMILES string of the molecule is CNc1ccc2c(ccc3onc([C@@H]4CCC(=O)NC4=O)c32)c1. The summed E-state index contributed by atoms with van der Waals surface area (Å²) in [5, 5.41) is 12.5. The molecular formula is C17H15N3O3. The molecule has 0 spiro atoms. The number of amides is 2. The normalized spacial score (nSPS) is 18.4. The van der Waals surface area contributed by atoms with E-state index in [9.17, 15) is 9.59 Å². The lowest BCUT2D eigenvalue weighted by atomic mass is 9.91. The van der Waals surface area contributed by atoms with Gasteiger partial charge in [-0.2, -0.15) is 0 Å². The van der Waals surface area contributed by atoms with Crippen LogP contribution in [0.15, 0.2) is 34.9 Å². The molecule has 0 saturated carbocycles. The molecule has 1 fully saturated rings. The Morgan fingerprint density at radius 2 is 2.13 bits per heavy atom. The fraction of sp³-hybridized carbons (Fsp3) is 0.235. The molecule has 116 valence electrons. The molecule has 1 aromatic heterocycles. The minimum absolute atomic E-state index is 0.234. The highest BCUT2D eigenvalue weighted by Gasteiger charge is 2.32. The molecule has 2 amide bonds. The summed E-state index contributed by atoms with van der Waals surface area (Å²) in [4.78, 5) is 23.5. The number of carbonyl (C=O) groups excluding carboxylic acids is 2. The van der Waals surface area contributed by atoms with Crippen LogP contribution < -0.4 is 10.6 Å². The number of anilines is 1. The van der Waals surface area contributed by atoms with Crippen LogP contribution >= 0.6 is 0 Å². The van der Waals surface area contributed by atoms with Gasteiger partial charge in [0.1, 0.15) is 5.69 Å². The van der Waals surface area contributed by atoms with Gasteiger partial charge in [0.25, 0.3) is 0 Å². The van der Waals surface area contributed by atoms with Crippen molar-refractivity contribution < 1.29 is 14.1 Å². The van der Waals surface area contributed by atoms with E-state index in [4.69, 9.17) is 4.52 Å². The first kappa shape index (κ1) is 13.8. The van der Waals surface area contributed by atoms with Gasteiger partial charge in [-0.05, 0) is 35.4 Å². The van der Waals surface area contributed by atoms with Crippen molar-refractivity contribution in [2.24, 2.45) is 0 Å². The third-order valence-electron chi connectivity index (χ3n) is 4.34. The van der Waals surface area contributed by atoms with Gasteiger partial charge in [-0.3, -0.25) is 14.9 Å². The van der Waals surface area contributed by atoms with E-state index in [2.05, 4.69) is 15.8 Å². The Labute approximate surface area is 131 Å². The molecule has 0 unspecified atom stereocenters. The number of nitrogens with one attached hydrogen (secondary N) is 2. The first-order valence-corrected chi connectivity index (χ1v) is 7.51. The lowest BCUT2D eigenvalue weighted by Gasteiger charge is -2.19. The van der Waals surface area contributed by atoms with Crippen LogP contribution in [0, 0.1) is 0 Å². The quantitative estimate of drug-likeness (QED) is 0.711. The average molecular weight is 309 g/mol. The zero-order valence-corrected chi connectivity index (χ0v) is 12.6. The van der Waals surface area contributed by atoms with E-state index in [1.807, 2.05) is 37.4 Å². The molecular weight excluding hydrogens is 294 g/mol. The highest BCUT2D eigenvalue weighted by molar-refractivity contribution is 6.10. The maximum atomic E-state index is 12.2. The number of fused-ring (bicyclic) bond motifs is 3. The van der Waals surface area contributed by atoms with Gasteiger partial charge in [0.2, 0.25) is 11.8 Å². The van der Waals surface area contributed by atoms with Crippen molar-refractivity contribution in [2.45, 2.75) is 18.8 Å². The largest absolute Gasteiger partial charge is 0.388 e. The second-order valence-corrected chi connectivity index (χ2v) is 5.70. The highest BCUT2D eigenvalue weighted by Crippen LogP contribution is 2.35. The number of benzene rings is 2. The Morgan fingerprint density at radius 3 is 2.91 bits per heavy atom. The molecule has 2 N–H and O–H groups in total. The van der Waals surface area contributed by atoms with E-state index < -0.39 is 5.92 Å². The van der Waals surface area contributed by atoms with E-state index in [1.165, 1.54) is 0 Å². The fourth-order valence-corrected chi connectivity index (χ4v) is 3.14. The van der Waals surface area contributed by atoms with Crippen molar-refractivity contribution in [3.8, 4) is 0 Å². The molecule has 23 heavy (non-hydrogen) atoms. The molecule has 4 rings (SSSR count). The number of hydrogen-bond donors (Lipinski definition) is 2. The van der Waals surface area contributed by atoms with E-state index in [1.54, 1.807) is 0 Å². The van der Waals surface area contributed by atoms with Gasteiger partial charge < -0.3 is 9.84 Å². The summed E-state index contributed by atoms with van der Waals surface area (Å²) in [7, 11) is 1.87. The van der Waals surface area contributed by atoms with Gasteiger partial charge in [0, 0.05) is 19.2 Å². The maximum Gasteiger partial charge on any atom is 0.235 e. The molecule has 2 aromatic carbocycles. The van der Waals surface area contributed by atoms with Crippen LogP contribution in [0.2, 0.25) is 0 Å². The number of imide groups is 1. The van der Waals surface area contributed by atoms with Crippen LogP contribution in [0.3, 0.4) is 0 Å². The van der Waals surface area contributed by atoms with Gasteiger partial charge in [-0.15, -0.1) is 0 Å². The van der Waals surface area contributed by atoms with E-state index in [0.29, 0.717) is 24.1 Å². The van der Waals surface area contributed by atoms with Gasteiger partial charge >= 0.3 is 0 Å². The lowest BCUT2D eigenvalue weighted by molar-refractivity contribution is -0.134. The molecule has 1 aliphatic rings. The van der Waals surface area contributed by atoms with E-state index in [-0.39, 0.29) is 11.8 Å². The van der Waals surface area contributed by atoms with E-state index >= 15 is 0 Å². The van der Waals surface area contributed by atoms with Crippen molar-refractivity contribution in [1.29, 1.82) is 0 Å². The van der Waals surface area contributed by atoms with Gasteiger partial charge in [0.05, 0.1) is 11.3 Å². The summed E-state index contributed by atoms with van der Waals surface area (Å²) in [5.41, 5.74) is 2.26. The summed E-state index contributed by atoms with van der Waals surface area (Å²) in [6.07, 6.45) is 0.775. The number of aromatic nitrogens is 1. The maximum absolute atomic E-state index is 12.2.